The van der Waals surface area contributed by atoms with Crippen LogP contribution in [0.25, 0.3) is 0 Å². The molecule has 0 spiro atoms. The van der Waals surface area contributed by atoms with E-state index in [0.29, 0.717) is 11.8 Å². The van der Waals surface area contributed by atoms with Crippen LogP contribution in [-0.2, 0) is 6.42 Å². The molecule has 1 atom stereocenters. The van der Waals surface area contributed by atoms with Gasteiger partial charge in [0.15, 0.2) is 0 Å². The van der Waals surface area contributed by atoms with Crippen molar-refractivity contribution in [1.82, 2.24) is 0 Å². The van der Waals surface area contributed by atoms with E-state index in [4.69, 9.17) is 11.6 Å². The van der Waals surface area contributed by atoms with Crippen LogP contribution < -0.4 is 0 Å². The van der Waals surface area contributed by atoms with E-state index in [0.717, 1.165) is 5.02 Å². The molecule has 1 unspecified atom stereocenters. The molecule has 0 radical (unpaired) electrons. The van der Waals surface area contributed by atoms with Gasteiger partial charge in [-0.05, 0) is 41.9 Å². The van der Waals surface area contributed by atoms with Crippen LogP contribution in [0, 0.1) is 5.92 Å². The molecule has 1 aromatic carbocycles. The predicted octanol–water partition coefficient (Wildman–Crippen LogP) is 4.03. The Hall–Kier alpha value is -0.490. The third kappa shape index (κ3) is 1.48. The van der Waals surface area contributed by atoms with Gasteiger partial charge in [0.25, 0.3) is 0 Å². The molecule has 1 heteroatoms. The maximum Gasteiger partial charge on any atom is 0.0443 e. The first-order chi connectivity index (χ1) is 6.20. The molecule has 0 aromatic heterocycles. The van der Waals surface area contributed by atoms with Gasteiger partial charge in [-0.3, -0.25) is 0 Å². The minimum atomic E-state index is 0.684. The Morgan fingerprint density at radius 1 is 1.38 bits per heavy atom. The molecule has 1 aromatic rings. The van der Waals surface area contributed by atoms with Crippen LogP contribution in [0.2, 0.25) is 5.02 Å². The van der Waals surface area contributed by atoms with Crippen LogP contribution in [0.5, 0.6) is 0 Å². The molecule has 13 heavy (non-hydrogen) atoms. The predicted molar refractivity (Wildman–Crippen MR) is 57.4 cm³/mol. The molecule has 0 nitrogen and oxygen atoms in total. The number of rotatable bonds is 1. The number of aryl methyl sites for hydroxylation is 1. The average Bonchev–Trinajstić information content (AvgIpc) is 2.49. The Kier molecular flexibility index (Phi) is 2.33. The SMILES string of the molecule is CC(C)C1CCc2cccc(Cl)c21. The Morgan fingerprint density at radius 3 is 2.85 bits per heavy atom. The first-order valence-corrected chi connectivity index (χ1v) is 5.35. The van der Waals surface area contributed by atoms with Crippen molar-refractivity contribution in [3.05, 3.63) is 34.3 Å². The Balaban J connectivity index is 2.46. The molecular formula is C12H15Cl. The van der Waals surface area contributed by atoms with Crippen LogP contribution in [0.1, 0.15) is 37.3 Å². The van der Waals surface area contributed by atoms with Crippen molar-refractivity contribution in [2.24, 2.45) is 5.92 Å². The lowest BCUT2D eigenvalue weighted by Gasteiger charge is -2.16. The first kappa shape index (κ1) is 9.08. The summed E-state index contributed by atoms with van der Waals surface area (Å²) in [5.74, 6) is 1.39. The highest BCUT2D eigenvalue weighted by atomic mass is 35.5. The summed E-state index contributed by atoms with van der Waals surface area (Å²) >= 11 is 6.21. The molecule has 0 saturated carbocycles. The zero-order chi connectivity index (χ0) is 9.42. The molecule has 0 N–H and O–H groups in total. The minimum absolute atomic E-state index is 0.684. The van der Waals surface area contributed by atoms with Crippen molar-refractivity contribution in [3.63, 3.8) is 0 Å². The lowest BCUT2D eigenvalue weighted by atomic mass is 9.90. The highest BCUT2D eigenvalue weighted by Gasteiger charge is 2.26. The lowest BCUT2D eigenvalue weighted by molar-refractivity contribution is 0.496. The summed E-state index contributed by atoms with van der Waals surface area (Å²) in [6.45, 7) is 4.56. The summed E-state index contributed by atoms with van der Waals surface area (Å²) in [5, 5.41) is 0.966. The van der Waals surface area contributed by atoms with E-state index in [2.05, 4.69) is 26.0 Å². The minimum Gasteiger partial charge on any atom is -0.0840 e. The van der Waals surface area contributed by atoms with E-state index in [-0.39, 0.29) is 0 Å². The van der Waals surface area contributed by atoms with Crippen molar-refractivity contribution < 1.29 is 0 Å². The summed E-state index contributed by atoms with van der Waals surface area (Å²) in [6, 6.07) is 6.29. The smallest absolute Gasteiger partial charge is 0.0443 e. The largest absolute Gasteiger partial charge is 0.0840 e. The molecule has 0 heterocycles. The number of fused-ring (bicyclic) bond motifs is 1. The van der Waals surface area contributed by atoms with Crippen molar-refractivity contribution in [2.45, 2.75) is 32.6 Å². The number of benzene rings is 1. The fourth-order valence-electron chi connectivity index (χ4n) is 2.34. The second-order valence-electron chi connectivity index (χ2n) is 4.20. The maximum absolute atomic E-state index is 6.21. The summed E-state index contributed by atoms with van der Waals surface area (Å²) < 4.78 is 0. The Labute approximate surface area is 84.9 Å². The average molecular weight is 195 g/mol. The highest BCUT2D eigenvalue weighted by molar-refractivity contribution is 6.31. The summed E-state index contributed by atoms with van der Waals surface area (Å²) in [4.78, 5) is 0. The molecule has 1 aliphatic rings. The van der Waals surface area contributed by atoms with E-state index in [1.54, 1.807) is 0 Å². The summed E-state index contributed by atoms with van der Waals surface area (Å²) in [5.41, 5.74) is 2.88. The molecule has 0 fully saturated rings. The molecule has 0 saturated heterocycles. The fraction of sp³-hybridized carbons (Fsp3) is 0.500. The van der Waals surface area contributed by atoms with Gasteiger partial charge in [-0.1, -0.05) is 37.6 Å². The summed E-state index contributed by atoms with van der Waals surface area (Å²) in [6.07, 6.45) is 2.48. The highest BCUT2D eigenvalue weighted by Crippen LogP contribution is 2.41. The van der Waals surface area contributed by atoms with Gasteiger partial charge in [-0.2, -0.15) is 0 Å². The van der Waals surface area contributed by atoms with Gasteiger partial charge in [-0.15, -0.1) is 0 Å². The van der Waals surface area contributed by atoms with Gasteiger partial charge in [0.1, 0.15) is 0 Å². The standard InChI is InChI=1S/C12H15Cl/c1-8(2)10-7-6-9-4-3-5-11(13)12(9)10/h3-5,8,10H,6-7H2,1-2H3. The Bertz CT molecular complexity index is 315. The van der Waals surface area contributed by atoms with Gasteiger partial charge >= 0.3 is 0 Å². The zero-order valence-electron chi connectivity index (χ0n) is 8.18. The molecule has 0 bridgehead atoms. The van der Waals surface area contributed by atoms with E-state index in [9.17, 15) is 0 Å². The quantitative estimate of drug-likeness (QED) is 0.634. The maximum atomic E-state index is 6.21. The van der Waals surface area contributed by atoms with Crippen LogP contribution in [0.4, 0.5) is 0 Å². The van der Waals surface area contributed by atoms with Crippen molar-refractivity contribution >= 4 is 11.6 Å². The van der Waals surface area contributed by atoms with Crippen LogP contribution in [0.3, 0.4) is 0 Å². The van der Waals surface area contributed by atoms with Crippen LogP contribution >= 0.6 is 11.6 Å². The number of hydrogen-bond acceptors (Lipinski definition) is 0. The van der Waals surface area contributed by atoms with Gasteiger partial charge in [0, 0.05) is 5.02 Å². The van der Waals surface area contributed by atoms with Crippen molar-refractivity contribution in [1.29, 1.82) is 0 Å². The molecule has 0 aliphatic heterocycles. The van der Waals surface area contributed by atoms with Gasteiger partial charge < -0.3 is 0 Å². The van der Waals surface area contributed by atoms with E-state index >= 15 is 0 Å². The second-order valence-corrected chi connectivity index (χ2v) is 4.61. The Morgan fingerprint density at radius 2 is 2.15 bits per heavy atom. The van der Waals surface area contributed by atoms with Crippen molar-refractivity contribution in [2.75, 3.05) is 0 Å². The van der Waals surface area contributed by atoms with E-state index < -0.39 is 0 Å². The third-order valence-electron chi connectivity index (χ3n) is 3.04. The molecule has 1 aliphatic carbocycles. The van der Waals surface area contributed by atoms with E-state index in [1.807, 2.05) is 6.07 Å². The van der Waals surface area contributed by atoms with Gasteiger partial charge in [0.05, 0.1) is 0 Å². The monoisotopic (exact) mass is 194 g/mol. The van der Waals surface area contributed by atoms with Gasteiger partial charge in [0.2, 0.25) is 0 Å². The zero-order valence-corrected chi connectivity index (χ0v) is 8.93. The van der Waals surface area contributed by atoms with Crippen LogP contribution in [0.15, 0.2) is 18.2 Å². The number of hydrogen-bond donors (Lipinski definition) is 0. The molecular weight excluding hydrogens is 180 g/mol. The number of halogens is 1. The third-order valence-corrected chi connectivity index (χ3v) is 3.37. The molecule has 0 amide bonds. The van der Waals surface area contributed by atoms with E-state index in [1.165, 1.54) is 24.0 Å². The van der Waals surface area contributed by atoms with Crippen molar-refractivity contribution in [3.8, 4) is 0 Å². The second kappa shape index (κ2) is 3.34. The van der Waals surface area contributed by atoms with Crippen LogP contribution in [-0.4, -0.2) is 0 Å². The normalized spacial score (nSPS) is 20.8. The van der Waals surface area contributed by atoms with Gasteiger partial charge in [-0.25, -0.2) is 0 Å². The molecule has 2 rings (SSSR count). The topological polar surface area (TPSA) is 0 Å². The first-order valence-electron chi connectivity index (χ1n) is 4.97. The fourth-order valence-corrected chi connectivity index (χ4v) is 2.67. The molecule has 70 valence electrons. The summed E-state index contributed by atoms with van der Waals surface area (Å²) in [7, 11) is 0. The lowest BCUT2D eigenvalue weighted by Crippen LogP contribution is -2.02.